The summed E-state index contributed by atoms with van der Waals surface area (Å²) in [7, 11) is 0. The SMILES string of the molecule is CCOCc1nc(C)c([C@H](OC(C)(C)C)C(=O)O)c(N2CCC(C)(C)CC2)c1-c1ccc2c(c1)CCN(Cc1ccc(F)cc1C)C2. The zero-order valence-electron chi connectivity index (χ0n) is 29.5. The third-order valence-corrected chi connectivity index (χ3v) is 9.59. The van der Waals surface area contributed by atoms with Crippen molar-refractivity contribution in [3.63, 3.8) is 0 Å². The predicted molar refractivity (Wildman–Crippen MR) is 185 cm³/mol. The van der Waals surface area contributed by atoms with Crippen LogP contribution in [0.15, 0.2) is 36.4 Å². The maximum absolute atomic E-state index is 13.7. The minimum absolute atomic E-state index is 0.201. The molecule has 2 aliphatic rings. The average molecular weight is 646 g/mol. The molecule has 1 aromatic heterocycles. The van der Waals surface area contributed by atoms with Crippen molar-refractivity contribution in [3.8, 4) is 11.1 Å². The van der Waals surface area contributed by atoms with Crippen LogP contribution in [0.1, 0.15) is 99.7 Å². The van der Waals surface area contributed by atoms with Crippen LogP contribution in [0.3, 0.4) is 0 Å². The highest BCUT2D eigenvalue weighted by Crippen LogP contribution is 2.45. The molecule has 0 spiro atoms. The van der Waals surface area contributed by atoms with E-state index in [0.717, 1.165) is 85.6 Å². The maximum atomic E-state index is 13.7. The summed E-state index contributed by atoms with van der Waals surface area (Å²) in [5.41, 5.74) is 9.17. The minimum atomic E-state index is -1.17. The molecule has 254 valence electrons. The molecule has 0 amide bonds. The quantitative estimate of drug-likeness (QED) is 0.238. The first-order valence-corrected chi connectivity index (χ1v) is 17.0. The van der Waals surface area contributed by atoms with Gasteiger partial charge in [-0.25, -0.2) is 9.18 Å². The molecule has 3 heterocycles. The van der Waals surface area contributed by atoms with Crippen LogP contribution in [0.2, 0.25) is 0 Å². The van der Waals surface area contributed by atoms with Crippen molar-refractivity contribution in [3.05, 3.63) is 81.4 Å². The number of aromatic nitrogens is 1. The number of benzene rings is 2. The largest absolute Gasteiger partial charge is 0.479 e. The Morgan fingerprint density at radius 1 is 1.06 bits per heavy atom. The Balaban J connectivity index is 1.62. The first-order chi connectivity index (χ1) is 22.2. The lowest BCUT2D eigenvalue weighted by molar-refractivity contribution is -0.160. The standard InChI is InChI=1S/C39H52FN3O4/c1-9-46-24-32-34(28-10-11-30-23-42(17-14-27(30)21-28)22-29-12-13-31(40)20-25(29)2)35(43-18-15-39(7,8)16-19-43)33(26(3)41-32)36(37(44)45)47-38(4,5)6/h10-13,20-21,36H,9,14-19,22-24H2,1-8H3,(H,44,45)/t36-/m0/s1. The second-order valence-corrected chi connectivity index (χ2v) is 15.0. The summed E-state index contributed by atoms with van der Waals surface area (Å²) in [6, 6.07) is 11.7. The summed E-state index contributed by atoms with van der Waals surface area (Å²) in [5.74, 6) is -1.22. The Labute approximate surface area is 280 Å². The van der Waals surface area contributed by atoms with Gasteiger partial charge in [-0.15, -0.1) is 0 Å². The number of hydrogen-bond donors (Lipinski definition) is 1. The average Bonchev–Trinajstić information content (AvgIpc) is 2.99. The molecule has 0 radical (unpaired) electrons. The Morgan fingerprint density at radius 2 is 1.79 bits per heavy atom. The minimum Gasteiger partial charge on any atom is -0.479 e. The highest BCUT2D eigenvalue weighted by Gasteiger charge is 2.37. The van der Waals surface area contributed by atoms with E-state index in [1.54, 1.807) is 12.1 Å². The maximum Gasteiger partial charge on any atom is 0.337 e. The molecule has 3 aromatic rings. The number of ether oxygens (including phenoxy) is 2. The van der Waals surface area contributed by atoms with Crippen LogP contribution in [0.5, 0.6) is 0 Å². The van der Waals surface area contributed by atoms with Crippen LogP contribution in [0.4, 0.5) is 10.1 Å². The van der Waals surface area contributed by atoms with Crippen molar-refractivity contribution in [2.24, 2.45) is 5.41 Å². The first kappa shape index (κ1) is 35.0. The molecular weight excluding hydrogens is 593 g/mol. The van der Waals surface area contributed by atoms with Gasteiger partial charge in [0.15, 0.2) is 6.10 Å². The van der Waals surface area contributed by atoms with E-state index >= 15 is 0 Å². The van der Waals surface area contributed by atoms with E-state index in [4.69, 9.17) is 14.5 Å². The topological polar surface area (TPSA) is 75.1 Å². The number of carboxylic acid groups (broad SMARTS) is 1. The van der Waals surface area contributed by atoms with Gasteiger partial charge in [0.05, 0.1) is 23.6 Å². The van der Waals surface area contributed by atoms with Crippen molar-refractivity contribution < 1.29 is 23.8 Å². The van der Waals surface area contributed by atoms with Crippen LogP contribution in [0.25, 0.3) is 11.1 Å². The lowest BCUT2D eigenvalue weighted by Crippen LogP contribution is -2.39. The smallest absolute Gasteiger partial charge is 0.337 e. The highest BCUT2D eigenvalue weighted by atomic mass is 19.1. The van der Waals surface area contributed by atoms with E-state index in [-0.39, 0.29) is 11.2 Å². The predicted octanol–water partition coefficient (Wildman–Crippen LogP) is 8.17. The number of fused-ring (bicyclic) bond motifs is 1. The number of carbonyl (C=O) groups is 1. The van der Waals surface area contributed by atoms with Crippen molar-refractivity contribution in [1.82, 2.24) is 9.88 Å². The number of hydrogen-bond acceptors (Lipinski definition) is 6. The van der Waals surface area contributed by atoms with Gasteiger partial charge in [-0.3, -0.25) is 9.88 Å². The van der Waals surface area contributed by atoms with Crippen LogP contribution in [0, 0.1) is 25.1 Å². The third-order valence-electron chi connectivity index (χ3n) is 9.59. The molecule has 2 aromatic carbocycles. The number of nitrogens with zero attached hydrogens (tertiary/aromatic N) is 3. The number of halogens is 1. The fraction of sp³-hybridized carbons (Fsp3) is 0.538. The van der Waals surface area contributed by atoms with Crippen LogP contribution >= 0.6 is 0 Å². The van der Waals surface area contributed by atoms with Gasteiger partial charge in [0.1, 0.15) is 5.82 Å². The van der Waals surface area contributed by atoms with Crippen LogP contribution in [-0.2, 0) is 40.4 Å². The zero-order valence-corrected chi connectivity index (χ0v) is 29.5. The summed E-state index contributed by atoms with van der Waals surface area (Å²) in [5, 5.41) is 10.6. The number of piperidine rings is 1. The number of aryl methyl sites for hydroxylation is 2. The Kier molecular flexibility index (Phi) is 10.4. The highest BCUT2D eigenvalue weighted by molar-refractivity contribution is 5.88. The number of rotatable bonds is 10. The van der Waals surface area contributed by atoms with E-state index in [1.165, 1.54) is 11.1 Å². The fourth-order valence-corrected chi connectivity index (χ4v) is 6.91. The lowest BCUT2D eigenvalue weighted by atomic mass is 9.81. The van der Waals surface area contributed by atoms with Crippen LogP contribution < -0.4 is 4.90 Å². The third kappa shape index (κ3) is 8.22. The number of anilines is 1. The summed E-state index contributed by atoms with van der Waals surface area (Å²) in [6.07, 6.45) is 1.71. The van der Waals surface area contributed by atoms with Gasteiger partial charge in [0.25, 0.3) is 0 Å². The normalized spacial score (nSPS) is 17.4. The van der Waals surface area contributed by atoms with Crippen LogP contribution in [-0.4, -0.2) is 52.8 Å². The Hall–Kier alpha value is -3.33. The van der Waals surface area contributed by atoms with Gasteiger partial charge in [-0.1, -0.05) is 38.1 Å². The van der Waals surface area contributed by atoms with Gasteiger partial charge in [-0.2, -0.15) is 0 Å². The van der Waals surface area contributed by atoms with Gasteiger partial charge >= 0.3 is 5.97 Å². The molecule has 7 nitrogen and oxygen atoms in total. The molecule has 5 rings (SSSR count). The van der Waals surface area contributed by atoms with E-state index in [0.29, 0.717) is 24.5 Å². The number of pyridine rings is 1. The fourth-order valence-electron chi connectivity index (χ4n) is 6.91. The molecule has 0 saturated carbocycles. The van der Waals surface area contributed by atoms with E-state index in [2.05, 4.69) is 41.8 Å². The second-order valence-electron chi connectivity index (χ2n) is 15.0. The van der Waals surface area contributed by atoms with Gasteiger partial charge in [-0.05, 0) is 106 Å². The molecule has 1 atom stereocenters. The molecule has 47 heavy (non-hydrogen) atoms. The molecule has 0 aliphatic carbocycles. The van der Waals surface area contributed by atoms with Crippen molar-refractivity contribution in [1.29, 1.82) is 0 Å². The molecule has 0 unspecified atom stereocenters. The molecule has 0 bridgehead atoms. The first-order valence-electron chi connectivity index (χ1n) is 17.0. The van der Waals surface area contributed by atoms with E-state index < -0.39 is 17.7 Å². The van der Waals surface area contributed by atoms with Crippen molar-refractivity contribution in [2.75, 3.05) is 31.1 Å². The molecule has 1 N–H and O–H groups in total. The molecule has 2 aliphatic heterocycles. The zero-order chi connectivity index (χ0) is 34.1. The number of aliphatic carboxylic acids is 1. The Morgan fingerprint density at radius 3 is 2.43 bits per heavy atom. The van der Waals surface area contributed by atoms with E-state index in [9.17, 15) is 14.3 Å². The second kappa shape index (κ2) is 14.0. The summed E-state index contributed by atoms with van der Waals surface area (Å²) in [6.45, 7) is 21.1. The lowest BCUT2D eigenvalue weighted by Gasteiger charge is -2.41. The summed E-state index contributed by atoms with van der Waals surface area (Å²) >= 11 is 0. The van der Waals surface area contributed by atoms with E-state index in [1.807, 2.05) is 47.6 Å². The Bertz CT molecular complexity index is 1600. The van der Waals surface area contributed by atoms with Gasteiger partial charge in [0.2, 0.25) is 0 Å². The van der Waals surface area contributed by atoms with Crippen molar-refractivity contribution >= 4 is 11.7 Å². The molecule has 1 fully saturated rings. The number of carboxylic acids is 1. The molecular formula is C39H52FN3O4. The van der Waals surface area contributed by atoms with Gasteiger partial charge < -0.3 is 19.5 Å². The van der Waals surface area contributed by atoms with Crippen molar-refractivity contribution in [2.45, 2.75) is 106 Å². The monoisotopic (exact) mass is 645 g/mol. The summed E-state index contributed by atoms with van der Waals surface area (Å²) in [4.78, 5) is 22.8. The summed E-state index contributed by atoms with van der Waals surface area (Å²) < 4.78 is 26.0. The van der Waals surface area contributed by atoms with Gasteiger partial charge in [0, 0.05) is 56.2 Å². The molecule has 1 saturated heterocycles. The molecule has 8 heteroatoms.